The van der Waals surface area contributed by atoms with Crippen LogP contribution in [0.3, 0.4) is 0 Å². The predicted octanol–water partition coefficient (Wildman–Crippen LogP) is 5.96. The molecule has 1 fully saturated rings. The fourth-order valence-electron chi connectivity index (χ4n) is 4.58. The summed E-state index contributed by atoms with van der Waals surface area (Å²) in [6.07, 6.45) is -1.46. The first kappa shape index (κ1) is 26.5. The van der Waals surface area contributed by atoms with E-state index in [9.17, 15) is 14.4 Å². The normalized spacial score (nSPS) is 16.2. The predicted molar refractivity (Wildman–Crippen MR) is 152 cm³/mol. The van der Waals surface area contributed by atoms with E-state index < -0.39 is 18.2 Å². The number of hydrogen-bond donors (Lipinski definition) is 2. The Balaban J connectivity index is 1.39. The van der Waals surface area contributed by atoms with Crippen LogP contribution in [0.5, 0.6) is 5.75 Å². The summed E-state index contributed by atoms with van der Waals surface area (Å²) in [4.78, 5) is 40.8. The van der Waals surface area contributed by atoms with Crippen molar-refractivity contribution in [3.63, 3.8) is 0 Å². The molecule has 0 bridgehead atoms. The molecule has 8 nitrogen and oxygen atoms in total. The van der Waals surface area contributed by atoms with Crippen molar-refractivity contribution in [2.45, 2.75) is 25.6 Å². The number of carbonyl (C=O) groups excluding carboxylic acids is 3. The molecule has 0 aromatic heterocycles. The summed E-state index contributed by atoms with van der Waals surface area (Å²) in [7, 11) is 1.57. The lowest BCUT2D eigenvalue weighted by Gasteiger charge is -2.24. The van der Waals surface area contributed by atoms with Crippen LogP contribution in [0.4, 0.5) is 16.2 Å². The van der Waals surface area contributed by atoms with Crippen molar-refractivity contribution in [2.75, 3.05) is 17.7 Å². The highest BCUT2D eigenvalue weighted by atomic mass is 16.6. The van der Waals surface area contributed by atoms with Gasteiger partial charge in [0.05, 0.1) is 13.7 Å². The number of nitrogens with one attached hydrogen (secondary N) is 2. The third-order valence-electron chi connectivity index (χ3n) is 6.69. The molecule has 0 radical (unpaired) electrons. The highest BCUT2D eigenvalue weighted by molar-refractivity contribution is 6.04. The van der Waals surface area contributed by atoms with E-state index in [4.69, 9.17) is 9.47 Å². The van der Waals surface area contributed by atoms with Crippen molar-refractivity contribution in [1.82, 2.24) is 4.90 Å². The van der Waals surface area contributed by atoms with Gasteiger partial charge in [0.1, 0.15) is 5.75 Å². The summed E-state index contributed by atoms with van der Waals surface area (Å²) in [6, 6.07) is 29.7. The number of ether oxygens (including phenoxy) is 2. The molecular formula is C32H29N3O5. The molecule has 0 saturated carbocycles. The van der Waals surface area contributed by atoms with Crippen LogP contribution in [0.2, 0.25) is 0 Å². The molecule has 4 aromatic carbocycles. The maximum absolute atomic E-state index is 13.6. The van der Waals surface area contributed by atoms with Gasteiger partial charge in [0.25, 0.3) is 11.8 Å². The number of carbonyl (C=O) groups is 3. The first-order valence-corrected chi connectivity index (χ1v) is 12.9. The van der Waals surface area contributed by atoms with Crippen molar-refractivity contribution in [3.8, 4) is 5.75 Å². The fourth-order valence-corrected chi connectivity index (χ4v) is 4.58. The van der Waals surface area contributed by atoms with Crippen molar-refractivity contribution in [2.24, 2.45) is 0 Å². The van der Waals surface area contributed by atoms with Gasteiger partial charge in [-0.25, -0.2) is 4.79 Å². The second-order valence-electron chi connectivity index (χ2n) is 9.53. The molecule has 40 heavy (non-hydrogen) atoms. The molecule has 0 spiro atoms. The van der Waals surface area contributed by atoms with Crippen LogP contribution < -0.4 is 15.4 Å². The molecule has 5 rings (SSSR count). The van der Waals surface area contributed by atoms with Crippen LogP contribution in [0.1, 0.15) is 33.2 Å². The highest BCUT2D eigenvalue weighted by Gasteiger charge is 2.47. The summed E-state index contributed by atoms with van der Waals surface area (Å²) in [5.41, 5.74) is 4.23. The zero-order chi connectivity index (χ0) is 28.1. The molecular weight excluding hydrogens is 506 g/mol. The number of hydrogen-bond acceptors (Lipinski definition) is 5. The number of cyclic esters (lactones) is 1. The highest BCUT2D eigenvalue weighted by Crippen LogP contribution is 2.35. The smallest absolute Gasteiger partial charge is 0.411 e. The van der Waals surface area contributed by atoms with Gasteiger partial charge in [0.2, 0.25) is 0 Å². The monoisotopic (exact) mass is 535 g/mol. The Morgan fingerprint density at radius 2 is 1.55 bits per heavy atom. The van der Waals surface area contributed by atoms with E-state index in [1.807, 2.05) is 61.5 Å². The summed E-state index contributed by atoms with van der Waals surface area (Å²) in [5, 5.41) is 5.78. The fraction of sp³-hybridized carbons (Fsp3) is 0.156. The molecule has 1 saturated heterocycles. The number of anilines is 2. The average molecular weight is 536 g/mol. The lowest BCUT2D eigenvalue weighted by molar-refractivity contribution is -0.121. The van der Waals surface area contributed by atoms with Gasteiger partial charge in [-0.05, 0) is 66.6 Å². The Bertz CT molecular complexity index is 1500. The van der Waals surface area contributed by atoms with E-state index in [-0.39, 0.29) is 18.4 Å². The van der Waals surface area contributed by atoms with Gasteiger partial charge < -0.3 is 20.1 Å². The lowest BCUT2D eigenvalue weighted by Crippen LogP contribution is -2.43. The van der Waals surface area contributed by atoms with Crippen LogP contribution in [0.25, 0.3) is 0 Å². The molecule has 1 aliphatic rings. The molecule has 4 aromatic rings. The topological polar surface area (TPSA) is 97.0 Å². The standard InChI is InChI=1S/C32H29N3O5/c1-21-11-13-24(14-12-21)30(36)33-26-17-15-23(16-18-26)29-28(31(37)34-25-8-4-3-5-9-25)35(32(38)40-29)20-22-7-6-10-27(19-22)39-2/h3-19,28-29H,20H2,1-2H3,(H,33,36)(H,34,37)/t28-,29+/m1/s1. The van der Waals surface area contributed by atoms with E-state index in [2.05, 4.69) is 10.6 Å². The SMILES string of the molecule is COc1cccc(CN2C(=O)O[C@@H](c3ccc(NC(=O)c4ccc(C)cc4)cc3)[C@@H]2C(=O)Nc2ccccc2)c1. The van der Waals surface area contributed by atoms with E-state index in [1.165, 1.54) is 4.90 Å². The minimum absolute atomic E-state index is 0.157. The van der Waals surface area contributed by atoms with Gasteiger partial charge in [0.15, 0.2) is 12.1 Å². The van der Waals surface area contributed by atoms with Crippen LogP contribution in [0, 0.1) is 6.92 Å². The number of rotatable bonds is 8. The Morgan fingerprint density at radius 1 is 0.850 bits per heavy atom. The molecule has 1 heterocycles. The quantitative estimate of drug-likeness (QED) is 0.290. The molecule has 202 valence electrons. The van der Waals surface area contributed by atoms with Gasteiger partial charge >= 0.3 is 6.09 Å². The number of methoxy groups -OCH3 is 1. The van der Waals surface area contributed by atoms with Crippen molar-refractivity contribution >= 4 is 29.3 Å². The summed E-state index contributed by atoms with van der Waals surface area (Å²) in [5.74, 6) is 0.0431. The Hall–Kier alpha value is -5.11. The first-order valence-electron chi connectivity index (χ1n) is 12.9. The maximum Gasteiger partial charge on any atom is 0.411 e. The summed E-state index contributed by atoms with van der Waals surface area (Å²) < 4.78 is 11.1. The van der Waals surface area contributed by atoms with Crippen molar-refractivity contribution in [3.05, 3.63) is 125 Å². The third kappa shape index (κ3) is 5.96. The Morgan fingerprint density at radius 3 is 2.25 bits per heavy atom. The van der Waals surface area contributed by atoms with E-state index in [0.717, 1.165) is 11.1 Å². The molecule has 2 atom stereocenters. The number of para-hydroxylation sites is 1. The van der Waals surface area contributed by atoms with Crippen molar-refractivity contribution in [1.29, 1.82) is 0 Å². The number of amides is 3. The van der Waals surface area contributed by atoms with Crippen LogP contribution in [-0.4, -0.2) is 36.0 Å². The first-order chi connectivity index (χ1) is 19.4. The van der Waals surface area contributed by atoms with Crippen LogP contribution in [0.15, 0.2) is 103 Å². The molecule has 0 unspecified atom stereocenters. The molecule has 8 heteroatoms. The minimum Gasteiger partial charge on any atom is -0.497 e. The molecule has 0 aliphatic carbocycles. The molecule has 2 N–H and O–H groups in total. The molecule has 1 aliphatic heterocycles. The van der Waals surface area contributed by atoms with E-state index >= 15 is 0 Å². The minimum atomic E-state index is -0.938. The Labute approximate surface area is 232 Å². The third-order valence-corrected chi connectivity index (χ3v) is 6.69. The van der Waals surface area contributed by atoms with Gasteiger partial charge in [-0.3, -0.25) is 14.5 Å². The summed E-state index contributed by atoms with van der Waals surface area (Å²) >= 11 is 0. The summed E-state index contributed by atoms with van der Waals surface area (Å²) in [6.45, 7) is 2.12. The van der Waals surface area contributed by atoms with E-state index in [1.54, 1.807) is 55.6 Å². The molecule has 3 amide bonds. The second-order valence-corrected chi connectivity index (χ2v) is 9.53. The zero-order valence-electron chi connectivity index (χ0n) is 22.2. The average Bonchev–Trinajstić information content (AvgIpc) is 3.30. The Kier molecular flexibility index (Phi) is 7.77. The zero-order valence-corrected chi connectivity index (χ0v) is 22.2. The number of nitrogens with zero attached hydrogens (tertiary/aromatic N) is 1. The van der Waals surface area contributed by atoms with E-state index in [0.29, 0.717) is 28.3 Å². The van der Waals surface area contributed by atoms with Gasteiger partial charge in [-0.1, -0.05) is 60.2 Å². The second kappa shape index (κ2) is 11.7. The van der Waals surface area contributed by atoms with Gasteiger partial charge in [0, 0.05) is 16.9 Å². The van der Waals surface area contributed by atoms with Gasteiger partial charge in [-0.2, -0.15) is 0 Å². The van der Waals surface area contributed by atoms with Gasteiger partial charge in [-0.15, -0.1) is 0 Å². The maximum atomic E-state index is 13.6. The number of benzene rings is 4. The lowest BCUT2D eigenvalue weighted by atomic mass is 10.00. The largest absolute Gasteiger partial charge is 0.497 e. The number of aryl methyl sites for hydroxylation is 1. The van der Waals surface area contributed by atoms with Crippen molar-refractivity contribution < 1.29 is 23.9 Å². The van der Waals surface area contributed by atoms with Crippen LogP contribution >= 0.6 is 0 Å². The van der Waals surface area contributed by atoms with Crippen LogP contribution in [-0.2, 0) is 16.1 Å².